The normalized spacial score (nSPS) is 12.1. The van der Waals surface area contributed by atoms with Crippen LogP contribution in [0, 0.1) is 0 Å². The van der Waals surface area contributed by atoms with Crippen molar-refractivity contribution in [2.45, 2.75) is 0 Å². The molecular weight excluding hydrogens is 709 g/mol. The molecule has 4 aromatic heterocycles. The van der Waals surface area contributed by atoms with Gasteiger partial charge in [-0.05, 0) is 111 Å². The molecule has 4 nitrogen and oxygen atoms in total. The van der Waals surface area contributed by atoms with Crippen molar-refractivity contribution in [1.82, 2.24) is 9.97 Å². The van der Waals surface area contributed by atoms with Crippen molar-refractivity contribution in [2.24, 2.45) is 0 Å². The maximum Gasteiger partial charge on any atom is 0.178 e. The molecule has 0 unspecified atom stereocenters. The van der Waals surface area contributed by atoms with Crippen LogP contribution in [0.1, 0.15) is 0 Å². The highest BCUT2D eigenvalue weighted by Crippen LogP contribution is 2.42. The SMILES string of the molecule is c1ccc(-c2ccc3[nH]c4c(ccc5c6cc(-c7cccc(-c8ccc9oc%10c(ccc%11c%12cc(-c%13ccccc%13)ccc%12oc%11%10)c9c8)c7)ccc6[nH]c54)c3c2)cc1. The van der Waals surface area contributed by atoms with Crippen LogP contribution in [0.15, 0.2) is 191 Å². The van der Waals surface area contributed by atoms with E-state index in [1.807, 2.05) is 6.07 Å². The van der Waals surface area contributed by atoms with Crippen LogP contribution < -0.4 is 0 Å². The summed E-state index contributed by atoms with van der Waals surface area (Å²) in [6.07, 6.45) is 0. The molecule has 58 heavy (non-hydrogen) atoms. The molecule has 0 aliphatic rings. The second-order valence-electron chi connectivity index (χ2n) is 15.4. The highest BCUT2D eigenvalue weighted by atomic mass is 16.4. The Hall–Kier alpha value is -7.82. The predicted octanol–water partition coefficient (Wildman–Crippen LogP) is 15.4. The van der Waals surface area contributed by atoms with Gasteiger partial charge in [0.05, 0.1) is 11.0 Å². The Morgan fingerprint density at radius 1 is 0.259 bits per heavy atom. The Bertz CT molecular complexity index is 3540. The smallest absolute Gasteiger partial charge is 0.178 e. The second kappa shape index (κ2) is 11.8. The molecule has 4 heteroatoms. The van der Waals surface area contributed by atoms with E-state index in [4.69, 9.17) is 8.83 Å². The van der Waals surface area contributed by atoms with Crippen molar-refractivity contribution in [3.63, 3.8) is 0 Å². The first-order chi connectivity index (χ1) is 28.7. The second-order valence-corrected chi connectivity index (χ2v) is 15.4. The topological polar surface area (TPSA) is 57.9 Å². The summed E-state index contributed by atoms with van der Waals surface area (Å²) in [5.41, 5.74) is 17.2. The maximum atomic E-state index is 6.53. The van der Waals surface area contributed by atoms with E-state index in [1.54, 1.807) is 0 Å². The van der Waals surface area contributed by atoms with Crippen LogP contribution in [0.5, 0.6) is 0 Å². The van der Waals surface area contributed by atoms with Gasteiger partial charge in [0.15, 0.2) is 11.2 Å². The molecule has 0 saturated heterocycles. The van der Waals surface area contributed by atoms with Gasteiger partial charge in [-0.25, -0.2) is 0 Å². The molecule has 0 aliphatic carbocycles. The Balaban J connectivity index is 0.875. The molecule has 2 N–H and O–H groups in total. The number of nitrogens with one attached hydrogen (secondary N) is 2. The fourth-order valence-corrected chi connectivity index (χ4v) is 9.26. The van der Waals surface area contributed by atoms with Crippen LogP contribution in [0.3, 0.4) is 0 Å². The van der Waals surface area contributed by atoms with Crippen LogP contribution in [-0.4, -0.2) is 9.97 Å². The summed E-state index contributed by atoms with van der Waals surface area (Å²) in [7, 11) is 0. The molecule has 0 radical (unpaired) electrons. The van der Waals surface area contributed by atoms with Crippen molar-refractivity contribution < 1.29 is 8.83 Å². The highest BCUT2D eigenvalue weighted by molar-refractivity contribution is 6.23. The van der Waals surface area contributed by atoms with E-state index in [-0.39, 0.29) is 0 Å². The minimum atomic E-state index is 0.782. The van der Waals surface area contributed by atoms with E-state index in [1.165, 1.54) is 54.9 Å². The molecule has 4 heterocycles. The molecule has 0 aliphatic heterocycles. The molecule has 13 aromatic rings. The van der Waals surface area contributed by atoms with Gasteiger partial charge < -0.3 is 18.8 Å². The Morgan fingerprint density at radius 3 is 1.12 bits per heavy atom. The van der Waals surface area contributed by atoms with Gasteiger partial charge in [-0.2, -0.15) is 0 Å². The van der Waals surface area contributed by atoms with Gasteiger partial charge in [-0.1, -0.05) is 115 Å². The van der Waals surface area contributed by atoms with E-state index >= 15 is 0 Å². The molecule has 270 valence electrons. The van der Waals surface area contributed by atoms with Crippen LogP contribution in [0.25, 0.3) is 132 Å². The Labute approximate surface area is 331 Å². The van der Waals surface area contributed by atoms with Gasteiger partial charge >= 0.3 is 0 Å². The number of fused-ring (bicyclic) bond motifs is 14. The lowest BCUT2D eigenvalue weighted by atomic mass is 9.97. The third-order valence-corrected chi connectivity index (χ3v) is 12.2. The molecule has 0 spiro atoms. The van der Waals surface area contributed by atoms with Crippen LogP contribution >= 0.6 is 0 Å². The monoisotopic (exact) mass is 740 g/mol. The highest BCUT2D eigenvalue weighted by Gasteiger charge is 2.18. The first-order valence-corrected chi connectivity index (χ1v) is 19.7. The van der Waals surface area contributed by atoms with Crippen molar-refractivity contribution >= 4 is 87.5 Å². The Kier molecular flexibility index (Phi) is 6.41. The van der Waals surface area contributed by atoms with Crippen molar-refractivity contribution in [3.8, 4) is 44.5 Å². The predicted molar refractivity (Wildman–Crippen MR) is 241 cm³/mol. The number of hydrogen-bond acceptors (Lipinski definition) is 2. The number of H-pyrrole nitrogens is 2. The lowest BCUT2D eigenvalue weighted by molar-refractivity contribution is 0.633. The van der Waals surface area contributed by atoms with Gasteiger partial charge in [0.25, 0.3) is 0 Å². The summed E-state index contributed by atoms with van der Waals surface area (Å²) < 4.78 is 13.0. The number of furan rings is 2. The fourth-order valence-electron chi connectivity index (χ4n) is 9.26. The van der Waals surface area contributed by atoms with Crippen LogP contribution in [-0.2, 0) is 0 Å². The van der Waals surface area contributed by atoms with Crippen molar-refractivity contribution in [2.75, 3.05) is 0 Å². The summed E-state index contributed by atoms with van der Waals surface area (Å²) in [4.78, 5) is 7.49. The summed E-state index contributed by atoms with van der Waals surface area (Å²) in [5, 5.41) is 9.15. The summed E-state index contributed by atoms with van der Waals surface area (Å²) in [6, 6.07) is 65.1. The fraction of sp³-hybridized carbons (Fsp3) is 0. The minimum Gasteiger partial charge on any atom is -0.452 e. The lowest BCUT2D eigenvalue weighted by Gasteiger charge is -2.07. The van der Waals surface area contributed by atoms with E-state index in [2.05, 4.69) is 186 Å². The van der Waals surface area contributed by atoms with E-state index in [9.17, 15) is 0 Å². The quantitative estimate of drug-likeness (QED) is 0.189. The van der Waals surface area contributed by atoms with Crippen LogP contribution in [0.4, 0.5) is 0 Å². The van der Waals surface area contributed by atoms with E-state index in [0.29, 0.717) is 0 Å². The average Bonchev–Trinajstić information content (AvgIpc) is 4.06. The third kappa shape index (κ3) is 4.63. The average molecular weight is 741 g/mol. The number of benzene rings is 9. The largest absolute Gasteiger partial charge is 0.452 e. The third-order valence-electron chi connectivity index (χ3n) is 12.2. The zero-order chi connectivity index (χ0) is 37.9. The Morgan fingerprint density at radius 2 is 0.638 bits per heavy atom. The molecule has 0 amide bonds. The van der Waals surface area contributed by atoms with E-state index in [0.717, 1.165) is 77.1 Å². The minimum absolute atomic E-state index is 0.782. The van der Waals surface area contributed by atoms with Gasteiger partial charge in [-0.15, -0.1) is 0 Å². The van der Waals surface area contributed by atoms with Gasteiger partial charge in [0, 0.05) is 54.1 Å². The zero-order valence-electron chi connectivity index (χ0n) is 31.1. The number of hydrogen-bond donors (Lipinski definition) is 2. The van der Waals surface area contributed by atoms with Gasteiger partial charge in [0.1, 0.15) is 11.2 Å². The first-order valence-electron chi connectivity index (χ1n) is 19.7. The first kappa shape index (κ1) is 31.4. The summed E-state index contributed by atoms with van der Waals surface area (Å²) in [5.74, 6) is 0. The molecule has 13 rings (SSSR count). The molecular formula is C54H32N2O2. The summed E-state index contributed by atoms with van der Waals surface area (Å²) >= 11 is 0. The number of rotatable bonds is 4. The maximum absolute atomic E-state index is 6.53. The molecule has 0 saturated carbocycles. The van der Waals surface area contributed by atoms with Crippen molar-refractivity contribution in [1.29, 1.82) is 0 Å². The molecule has 0 bridgehead atoms. The van der Waals surface area contributed by atoms with Gasteiger partial charge in [-0.3, -0.25) is 0 Å². The molecule has 9 aromatic carbocycles. The summed E-state index contributed by atoms with van der Waals surface area (Å²) in [6.45, 7) is 0. The molecule has 0 fully saturated rings. The standard InChI is InChI=1S/C54H32N2O2/c1-3-8-31(9-4-1)35-14-22-47-43(27-35)39-18-19-40-44-28-37(15-23-48(44)56-52(40)51(39)55-47)33-12-7-13-34(26-33)38-17-25-50-46(30-38)42-21-20-41-45-29-36(32-10-5-2-6-11-32)16-24-49(45)57-53(41)54(42)58-50/h1-30,55-56H. The molecule has 0 atom stereocenters. The lowest BCUT2D eigenvalue weighted by Crippen LogP contribution is -1.82. The van der Waals surface area contributed by atoms with Crippen molar-refractivity contribution in [3.05, 3.63) is 182 Å². The number of aromatic amines is 2. The number of aromatic nitrogens is 2. The van der Waals surface area contributed by atoms with Crippen LogP contribution in [0.2, 0.25) is 0 Å². The zero-order valence-corrected chi connectivity index (χ0v) is 31.1. The van der Waals surface area contributed by atoms with Gasteiger partial charge in [0.2, 0.25) is 0 Å². The van der Waals surface area contributed by atoms with E-state index < -0.39 is 0 Å².